The molecule has 0 spiro atoms. The van der Waals surface area contributed by atoms with Crippen LogP contribution in [0.4, 0.5) is 0 Å². The van der Waals surface area contributed by atoms with E-state index in [0.29, 0.717) is 0 Å². The molecule has 0 saturated carbocycles. The third-order valence-electron chi connectivity index (χ3n) is 3.49. The van der Waals surface area contributed by atoms with Gasteiger partial charge in [0, 0.05) is 0 Å². The maximum atomic E-state index is 11.7. The smallest absolute Gasteiger partial charge is 0.267 e. The van der Waals surface area contributed by atoms with Crippen LogP contribution in [-0.4, -0.2) is 60.6 Å². The van der Waals surface area contributed by atoms with Gasteiger partial charge in [0.25, 0.3) is 5.53 Å². The lowest BCUT2D eigenvalue weighted by molar-refractivity contribution is -0.305. The molecule has 0 aromatic rings. The number of ether oxygens (including phenoxy) is 1. The Bertz CT molecular complexity index is 384. The van der Waals surface area contributed by atoms with E-state index in [1.807, 2.05) is 0 Å². The van der Waals surface area contributed by atoms with Crippen LogP contribution in [0.1, 0.15) is 0 Å². The standard InChI is InChI=1S/C6H9O7P/c7-1-2-3(8)4(9)5(10)6(11,13-2)14(4,5)12/h2-3,7-11H,1H2. The Labute approximate surface area is 77.9 Å². The lowest BCUT2D eigenvalue weighted by atomic mass is 9.99. The average molecular weight is 224 g/mol. The van der Waals surface area contributed by atoms with E-state index in [1.54, 1.807) is 0 Å². The minimum absolute atomic E-state index is 0.637. The normalized spacial score (nSPS) is 74.1. The molecule has 3 aliphatic rings. The van der Waals surface area contributed by atoms with Crippen LogP contribution in [0.2, 0.25) is 0 Å². The summed E-state index contributed by atoms with van der Waals surface area (Å²) in [6, 6.07) is 0. The fraction of sp³-hybridized carbons (Fsp3) is 1.00. The quantitative estimate of drug-likeness (QED) is 0.303. The van der Waals surface area contributed by atoms with Crippen molar-refractivity contribution in [1.29, 1.82) is 0 Å². The van der Waals surface area contributed by atoms with Crippen molar-refractivity contribution < 1.29 is 34.8 Å². The van der Waals surface area contributed by atoms with Crippen molar-refractivity contribution in [2.45, 2.75) is 28.4 Å². The van der Waals surface area contributed by atoms with E-state index in [4.69, 9.17) is 9.84 Å². The largest absolute Gasteiger partial charge is 0.394 e. The van der Waals surface area contributed by atoms with Crippen molar-refractivity contribution in [2.75, 3.05) is 6.61 Å². The number of fused-ring (bicyclic) bond motifs is 2. The molecule has 3 heterocycles. The molecule has 0 radical (unpaired) electrons. The van der Waals surface area contributed by atoms with Crippen LogP contribution in [0, 0.1) is 0 Å². The topological polar surface area (TPSA) is 127 Å². The van der Waals surface area contributed by atoms with Crippen LogP contribution >= 0.6 is 7.14 Å². The molecule has 80 valence electrons. The fourth-order valence-electron chi connectivity index (χ4n) is 2.52. The number of hydrogen-bond acceptors (Lipinski definition) is 7. The molecule has 0 bridgehead atoms. The van der Waals surface area contributed by atoms with Crippen LogP contribution in [-0.2, 0) is 9.30 Å². The highest BCUT2D eigenvalue weighted by atomic mass is 31.2. The second kappa shape index (κ2) is 1.82. The van der Waals surface area contributed by atoms with Crippen molar-refractivity contribution in [3.05, 3.63) is 0 Å². The summed E-state index contributed by atoms with van der Waals surface area (Å²) in [5, 5.41) is 42.3. The van der Waals surface area contributed by atoms with E-state index in [-0.39, 0.29) is 0 Å². The Morgan fingerprint density at radius 1 is 1.36 bits per heavy atom. The van der Waals surface area contributed by atoms with Crippen LogP contribution in [0.15, 0.2) is 0 Å². The lowest BCUT2D eigenvalue weighted by Crippen LogP contribution is -2.63. The molecular formula is C6H9O7P. The fourth-order valence-corrected chi connectivity index (χ4v) is 6.46. The van der Waals surface area contributed by atoms with Gasteiger partial charge in [0.2, 0.25) is 12.5 Å². The summed E-state index contributed by atoms with van der Waals surface area (Å²) in [6.45, 7) is -0.637. The van der Waals surface area contributed by atoms with E-state index >= 15 is 0 Å². The zero-order valence-electron chi connectivity index (χ0n) is 6.86. The molecule has 5 N–H and O–H groups in total. The van der Waals surface area contributed by atoms with Gasteiger partial charge in [-0.25, -0.2) is 0 Å². The van der Waals surface area contributed by atoms with Gasteiger partial charge >= 0.3 is 0 Å². The highest BCUT2D eigenvalue weighted by molar-refractivity contribution is 7.85. The summed E-state index contributed by atoms with van der Waals surface area (Å²) in [5.41, 5.74) is -2.26. The first-order valence-electron chi connectivity index (χ1n) is 4.07. The van der Waals surface area contributed by atoms with Crippen molar-refractivity contribution >= 4 is 7.14 Å². The van der Waals surface area contributed by atoms with Gasteiger partial charge < -0.3 is 34.8 Å². The first-order chi connectivity index (χ1) is 6.33. The van der Waals surface area contributed by atoms with E-state index < -0.39 is 42.2 Å². The minimum atomic E-state index is -3.70. The van der Waals surface area contributed by atoms with E-state index in [1.165, 1.54) is 0 Å². The molecule has 0 aliphatic carbocycles. The highest BCUT2D eigenvalue weighted by Crippen LogP contribution is 3.13. The zero-order chi connectivity index (χ0) is 10.6. The molecule has 7 nitrogen and oxygen atoms in total. The number of rotatable bonds is 1. The van der Waals surface area contributed by atoms with Crippen LogP contribution in [0.3, 0.4) is 0 Å². The van der Waals surface area contributed by atoms with Gasteiger partial charge in [-0.2, -0.15) is 0 Å². The second-order valence-corrected chi connectivity index (χ2v) is 7.05. The van der Waals surface area contributed by atoms with Gasteiger partial charge in [-0.3, -0.25) is 0 Å². The molecule has 8 heteroatoms. The molecule has 14 heavy (non-hydrogen) atoms. The third-order valence-corrected chi connectivity index (χ3v) is 7.43. The van der Waals surface area contributed by atoms with Crippen LogP contribution < -0.4 is 0 Å². The van der Waals surface area contributed by atoms with Crippen LogP contribution in [0.25, 0.3) is 0 Å². The van der Waals surface area contributed by atoms with Crippen molar-refractivity contribution in [1.82, 2.24) is 0 Å². The number of hydrogen-bond donors (Lipinski definition) is 5. The second-order valence-electron chi connectivity index (χ2n) is 3.90. The summed E-state index contributed by atoms with van der Waals surface area (Å²) >= 11 is 0. The summed E-state index contributed by atoms with van der Waals surface area (Å²) in [5.74, 6) is 0. The molecule has 3 saturated heterocycles. The maximum Gasteiger partial charge on any atom is 0.267 e. The Kier molecular flexibility index (Phi) is 1.20. The predicted molar refractivity (Wildman–Crippen MR) is 40.4 cm³/mol. The van der Waals surface area contributed by atoms with Crippen molar-refractivity contribution in [3.8, 4) is 0 Å². The molecule has 3 rings (SSSR count). The first kappa shape index (κ1) is 9.23. The summed E-state index contributed by atoms with van der Waals surface area (Å²) in [7, 11) is -3.70. The van der Waals surface area contributed by atoms with E-state index in [2.05, 4.69) is 0 Å². The Morgan fingerprint density at radius 2 is 1.86 bits per heavy atom. The summed E-state index contributed by atoms with van der Waals surface area (Å²) < 4.78 is 16.4. The van der Waals surface area contributed by atoms with Gasteiger partial charge in [-0.15, -0.1) is 0 Å². The van der Waals surface area contributed by atoms with Gasteiger partial charge in [0.15, 0.2) is 5.34 Å². The Balaban J connectivity index is 2.07. The average Bonchev–Trinajstić information content (AvgIpc) is 2.76. The molecule has 3 aliphatic heterocycles. The van der Waals surface area contributed by atoms with Gasteiger partial charge in [0.1, 0.15) is 12.2 Å². The number of aliphatic hydroxyl groups is 5. The molecule has 6 unspecified atom stereocenters. The van der Waals surface area contributed by atoms with E-state index in [9.17, 15) is 25.0 Å². The SMILES string of the molecule is O=P12C3(O)OC(CO)C(O)C1(O)C32O. The number of aliphatic hydroxyl groups excluding tert-OH is 2. The highest BCUT2D eigenvalue weighted by Gasteiger charge is 3.20. The molecule has 0 aromatic carbocycles. The third kappa shape index (κ3) is 0.431. The molecule has 0 amide bonds. The van der Waals surface area contributed by atoms with E-state index in [0.717, 1.165) is 0 Å². The molecule has 6 atom stereocenters. The maximum absolute atomic E-state index is 11.7. The van der Waals surface area contributed by atoms with Gasteiger partial charge in [-0.05, 0) is 0 Å². The molecular weight excluding hydrogens is 215 g/mol. The predicted octanol–water partition coefficient (Wildman–Crippen LogP) is -2.85. The minimum Gasteiger partial charge on any atom is -0.394 e. The first-order valence-corrected chi connectivity index (χ1v) is 5.78. The molecule has 0 aromatic heterocycles. The van der Waals surface area contributed by atoms with Gasteiger partial charge in [0.05, 0.1) is 6.61 Å². The lowest BCUT2D eigenvalue weighted by Gasteiger charge is -2.41. The Hall–Kier alpha value is -0.0100. The van der Waals surface area contributed by atoms with Crippen molar-refractivity contribution in [3.63, 3.8) is 0 Å². The summed E-state index contributed by atoms with van der Waals surface area (Å²) in [4.78, 5) is 0. The van der Waals surface area contributed by atoms with Crippen molar-refractivity contribution in [2.24, 2.45) is 0 Å². The van der Waals surface area contributed by atoms with Crippen LogP contribution in [0.5, 0.6) is 0 Å². The Morgan fingerprint density at radius 3 is 2.29 bits per heavy atom. The monoisotopic (exact) mass is 224 g/mol. The van der Waals surface area contributed by atoms with Gasteiger partial charge in [-0.1, -0.05) is 0 Å². The molecule has 3 fully saturated rings. The summed E-state index contributed by atoms with van der Waals surface area (Å²) in [6.07, 6.45) is -2.87. The zero-order valence-corrected chi connectivity index (χ0v) is 7.76.